The van der Waals surface area contributed by atoms with E-state index in [2.05, 4.69) is 10.2 Å². The lowest BCUT2D eigenvalue weighted by Gasteiger charge is -2.35. The fourth-order valence-electron chi connectivity index (χ4n) is 3.63. The second-order valence-electron chi connectivity index (χ2n) is 7.13. The van der Waals surface area contributed by atoms with Gasteiger partial charge in [-0.05, 0) is 31.7 Å². The Labute approximate surface area is 144 Å². The summed E-state index contributed by atoms with van der Waals surface area (Å²) in [6, 6.07) is 3.75. The van der Waals surface area contributed by atoms with E-state index in [-0.39, 0.29) is 12.0 Å². The second-order valence-corrected chi connectivity index (χ2v) is 7.13. The van der Waals surface area contributed by atoms with Gasteiger partial charge in [-0.15, -0.1) is 10.2 Å². The fraction of sp³-hybridized carbons (Fsp3) is 0.722. The molecule has 1 aliphatic carbocycles. The predicted molar refractivity (Wildman–Crippen MR) is 93.2 cm³/mol. The molecule has 6 heteroatoms. The summed E-state index contributed by atoms with van der Waals surface area (Å²) in [5.74, 6) is 1.91. The first-order valence-electron chi connectivity index (χ1n) is 9.10. The zero-order valence-electron chi connectivity index (χ0n) is 14.8. The number of aromatic nitrogens is 2. The molecule has 0 radical (unpaired) electrons. The van der Waals surface area contributed by atoms with Crippen molar-refractivity contribution in [1.29, 1.82) is 0 Å². The summed E-state index contributed by atoms with van der Waals surface area (Å²) in [6.45, 7) is 1.53. The molecule has 132 valence electrons. The SMILES string of the molecule is CN(C)c1ccc(OC2CCCN(C(=O)C3CCCCC3)C2)nn1. The number of hydrogen-bond donors (Lipinski definition) is 0. The molecule has 1 aromatic heterocycles. The maximum absolute atomic E-state index is 12.7. The number of hydrogen-bond acceptors (Lipinski definition) is 5. The molecule has 2 aliphatic rings. The zero-order chi connectivity index (χ0) is 16.9. The van der Waals surface area contributed by atoms with Crippen LogP contribution in [0.3, 0.4) is 0 Å². The summed E-state index contributed by atoms with van der Waals surface area (Å²) in [5, 5.41) is 8.28. The molecule has 3 rings (SSSR count). The average molecular weight is 332 g/mol. The molecule has 1 amide bonds. The Morgan fingerprint density at radius 2 is 1.92 bits per heavy atom. The van der Waals surface area contributed by atoms with Crippen molar-refractivity contribution in [2.45, 2.75) is 51.0 Å². The van der Waals surface area contributed by atoms with Gasteiger partial charge in [0, 0.05) is 32.6 Å². The number of nitrogens with zero attached hydrogens (tertiary/aromatic N) is 4. The highest BCUT2D eigenvalue weighted by Crippen LogP contribution is 2.27. The molecule has 0 spiro atoms. The number of amides is 1. The number of piperidine rings is 1. The molecular formula is C18H28N4O2. The van der Waals surface area contributed by atoms with Crippen LogP contribution in [0.25, 0.3) is 0 Å². The van der Waals surface area contributed by atoms with Crippen molar-refractivity contribution >= 4 is 11.7 Å². The van der Waals surface area contributed by atoms with Crippen LogP contribution in [0.15, 0.2) is 12.1 Å². The van der Waals surface area contributed by atoms with Crippen molar-refractivity contribution in [3.05, 3.63) is 12.1 Å². The highest BCUT2D eigenvalue weighted by molar-refractivity contribution is 5.79. The Kier molecular flexibility index (Phi) is 5.53. The Morgan fingerprint density at radius 3 is 2.58 bits per heavy atom. The van der Waals surface area contributed by atoms with Gasteiger partial charge in [-0.3, -0.25) is 4.79 Å². The molecule has 6 nitrogen and oxygen atoms in total. The van der Waals surface area contributed by atoms with Gasteiger partial charge in [0.05, 0.1) is 6.54 Å². The molecule has 1 saturated carbocycles. The van der Waals surface area contributed by atoms with E-state index < -0.39 is 0 Å². The highest BCUT2D eigenvalue weighted by atomic mass is 16.5. The van der Waals surface area contributed by atoms with Crippen LogP contribution in [0.5, 0.6) is 5.88 Å². The zero-order valence-corrected chi connectivity index (χ0v) is 14.8. The van der Waals surface area contributed by atoms with E-state index in [0.717, 1.165) is 38.0 Å². The fourth-order valence-corrected chi connectivity index (χ4v) is 3.63. The van der Waals surface area contributed by atoms with Crippen LogP contribution in [0, 0.1) is 5.92 Å². The van der Waals surface area contributed by atoms with Crippen molar-refractivity contribution < 1.29 is 9.53 Å². The predicted octanol–water partition coefficient (Wildman–Crippen LogP) is 2.49. The molecule has 0 N–H and O–H groups in total. The van der Waals surface area contributed by atoms with E-state index in [1.807, 2.05) is 36.0 Å². The molecule has 2 heterocycles. The molecule has 1 unspecified atom stereocenters. The van der Waals surface area contributed by atoms with Crippen LogP contribution >= 0.6 is 0 Å². The molecule has 1 saturated heterocycles. The van der Waals surface area contributed by atoms with Gasteiger partial charge >= 0.3 is 0 Å². The van der Waals surface area contributed by atoms with Gasteiger partial charge in [-0.2, -0.15) is 0 Å². The van der Waals surface area contributed by atoms with E-state index in [9.17, 15) is 4.79 Å². The van der Waals surface area contributed by atoms with Gasteiger partial charge in [0.25, 0.3) is 0 Å². The summed E-state index contributed by atoms with van der Waals surface area (Å²) in [7, 11) is 3.86. The molecular weight excluding hydrogens is 304 g/mol. The van der Waals surface area contributed by atoms with Crippen LogP contribution in [0.4, 0.5) is 5.82 Å². The van der Waals surface area contributed by atoms with Gasteiger partial charge in [-0.25, -0.2) is 0 Å². The third-order valence-corrected chi connectivity index (χ3v) is 5.02. The third kappa shape index (κ3) is 4.16. The van der Waals surface area contributed by atoms with Gasteiger partial charge in [-0.1, -0.05) is 19.3 Å². The number of anilines is 1. The maximum atomic E-state index is 12.7. The third-order valence-electron chi connectivity index (χ3n) is 5.02. The monoisotopic (exact) mass is 332 g/mol. The van der Waals surface area contributed by atoms with E-state index in [0.29, 0.717) is 18.3 Å². The lowest BCUT2D eigenvalue weighted by Crippen LogP contribution is -2.47. The normalized spacial score (nSPS) is 22.2. The number of likely N-dealkylation sites (tertiary alicyclic amines) is 1. The first-order valence-corrected chi connectivity index (χ1v) is 9.10. The average Bonchev–Trinajstić information content (AvgIpc) is 2.62. The summed E-state index contributed by atoms with van der Waals surface area (Å²) in [5.41, 5.74) is 0. The topological polar surface area (TPSA) is 58.6 Å². The minimum Gasteiger partial charge on any atom is -0.471 e. The molecule has 0 bridgehead atoms. The van der Waals surface area contributed by atoms with Crippen LogP contribution in [0.1, 0.15) is 44.9 Å². The Morgan fingerprint density at radius 1 is 1.12 bits per heavy atom. The molecule has 24 heavy (non-hydrogen) atoms. The van der Waals surface area contributed by atoms with E-state index >= 15 is 0 Å². The Balaban J connectivity index is 1.55. The van der Waals surface area contributed by atoms with Crippen LogP contribution in [-0.2, 0) is 4.79 Å². The Bertz CT molecular complexity index is 540. The van der Waals surface area contributed by atoms with Gasteiger partial charge in [0.1, 0.15) is 6.10 Å². The van der Waals surface area contributed by atoms with E-state index in [1.165, 1.54) is 19.3 Å². The first kappa shape index (κ1) is 17.0. The number of carbonyl (C=O) groups excluding carboxylic acids is 1. The van der Waals surface area contributed by atoms with E-state index in [1.54, 1.807) is 0 Å². The smallest absolute Gasteiger partial charge is 0.233 e. The number of ether oxygens (including phenoxy) is 1. The van der Waals surface area contributed by atoms with Crippen LogP contribution in [-0.4, -0.2) is 54.3 Å². The minimum atomic E-state index is 0.0193. The molecule has 1 atom stereocenters. The number of rotatable bonds is 4. The van der Waals surface area contributed by atoms with E-state index in [4.69, 9.17) is 4.74 Å². The summed E-state index contributed by atoms with van der Waals surface area (Å²) in [4.78, 5) is 16.6. The quantitative estimate of drug-likeness (QED) is 0.848. The van der Waals surface area contributed by atoms with Crippen LogP contribution < -0.4 is 9.64 Å². The van der Waals surface area contributed by atoms with Crippen molar-refractivity contribution in [2.75, 3.05) is 32.1 Å². The van der Waals surface area contributed by atoms with Crippen LogP contribution in [0.2, 0.25) is 0 Å². The second kappa shape index (κ2) is 7.81. The van der Waals surface area contributed by atoms with Gasteiger partial charge in [0.15, 0.2) is 5.82 Å². The largest absolute Gasteiger partial charge is 0.471 e. The highest BCUT2D eigenvalue weighted by Gasteiger charge is 2.30. The van der Waals surface area contributed by atoms with Crippen molar-refractivity contribution in [2.24, 2.45) is 5.92 Å². The standard InChI is InChI=1S/C18H28N4O2/c1-21(2)16-10-11-17(20-19-16)24-15-9-6-12-22(13-15)18(23)14-7-4-3-5-8-14/h10-11,14-15H,3-9,12-13H2,1-2H3. The van der Waals surface area contributed by atoms with Crippen molar-refractivity contribution in [1.82, 2.24) is 15.1 Å². The minimum absolute atomic E-state index is 0.0193. The lowest BCUT2D eigenvalue weighted by molar-refractivity contribution is -0.139. The Hall–Kier alpha value is -1.85. The molecule has 0 aromatic carbocycles. The number of carbonyl (C=O) groups is 1. The summed E-state index contributed by atoms with van der Waals surface area (Å²) < 4.78 is 5.97. The molecule has 1 aromatic rings. The van der Waals surface area contributed by atoms with Gasteiger partial charge < -0.3 is 14.5 Å². The molecule has 2 fully saturated rings. The van der Waals surface area contributed by atoms with Crippen molar-refractivity contribution in [3.63, 3.8) is 0 Å². The molecule has 1 aliphatic heterocycles. The summed E-state index contributed by atoms with van der Waals surface area (Å²) in [6.07, 6.45) is 7.74. The lowest BCUT2D eigenvalue weighted by atomic mass is 9.88. The maximum Gasteiger partial charge on any atom is 0.233 e. The summed E-state index contributed by atoms with van der Waals surface area (Å²) >= 11 is 0. The van der Waals surface area contributed by atoms with Gasteiger partial charge in [0.2, 0.25) is 11.8 Å². The first-order chi connectivity index (χ1) is 11.6. The van der Waals surface area contributed by atoms with Crippen molar-refractivity contribution in [3.8, 4) is 5.88 Å².